The first-order valence-corrected chi connectivity index (χ1v) is 7.39. The van der Waals surface area contributed by atoms with Crippen LogP contribution in [0.5, 0.6) is 0 Å². The van der Waals surface area contributed by atoms with E-state index in [1.54, 1.807) is 4.90 Å². The van der Waals surface area contributed by atoms with E-state index in [1.165, 1.54) is 18.2 Å². The second kappa shape index (κ2) is 7.33. The van der Waals surface area contributed by atoms with E-state index in [-0.39, 0.29) is 5.91 Å². The van der Waals surface area contributed by atoms with E-state index >= 15 is 0 Å². The van der Waals surface area contributed by atoms with Crippen molar-refractivity contribution < 1.29 is 9.18 Å². The quantitative estimate of drug-likeness (QED) is 0.899. The van der Waals surface area contributed by atoms with Crippen LogP contribution in [0.2, 0.25) is 0 Å². The zero-order valence-electron chi connectivity index (χ0n) is 11.4. The highest BCUT2D eigenvalue weighted by Crippen LogP contribution is 2.20. The van der Waals surface area contributed by atoms with Crippen molar-refractivity contribution in [1.29, 1.82) is 0 Å². The molecule has 1 amide bonds. The second-order valence-corrected chi connectivity index (χ2v) is 5.48. The molecule has 0 heterocycles. The Bertz CT molecular complexity index is 619. The lowest BCUT2D eigenvalue weighted by atomic mass is 10.1. The van der Waals surface area contributed by atoms with Gasteiger partial charge in [-0.1, -0.05) is 30.3 Å². The maximum Gasteiger partial charge on any atom is 0.255 e. The summed E-state index contributed by atoms with van der Waals surface area (Å²) in [6.07, 6.45) is 0. The molecule has 0 radical (unpaired) electrons. The average Bonchev–Trinajstić information content (AvgIpc) is 2.49. The molecule has 0 aliphatic heterocycles. The van der Waals surface area contributed by atoms with Crippen LogP contribution in [-0.2, 0) is 6.54 Å². The zero-order chi connectivity index (χ0) is 15.2. The normalized spacial score (nSPS) is 10.4. The highest BCUT2D eigenvalue weighted by molar-refractivity contribution is 9.10. The van der Waals surface area contributed by atoms with Gasteiger partial charge in [0.25, 0.3) is 5.91 Å². The maximum atomic E-state index is 13.4. The van der Waals surface area contributed by atoms with Crippen LogP contribution in [0.3, 0.4) is 0 Å². The lowest BCUT2D eigenvalue weighted by molar-refractivity contribution is 0.0747. The number of benzene rings is 2. The second-order valence-electron chi connectivity index (χ2n) is 4.63. The number of hydrogen-bond acceptors (Lipinski definition) is 2. The Balaban J connectivity index is 2.25. The number of hydrogen-bond donors (Lipinski definition) is 1. The lowest BCUT2D eigenvalue weighted by Gasteiger charge is -2.23. The monoisotopic (exact) mass is 350 g/mol. The summed E-state index contributed by atoms with van der Waals surface area (Å²) in [6, 6.07) is 13.7. The molecule has 0 spiro atoms. The minimum Gasteiger partial charge on any atom is -0.333 e. The minimum absolute atomic E-state index is 0.240. The summed E-state index contributed by atoms with van der Waals surface area (Å²) in [5, 5.41) is 0. The highest BCUT2D eigenvalue weighted by atomic mass is 79.9. The summed E-state index contributed by atoms with van der Waals surface area (Å²) in [7, 11) is 0. The largest absolute Gasteiger partial charge is 0.333 e. The van der Waals surface area contributed by atoms with Crippen LogP contribution in [-0.4, -0.2) is 23.9 Å². The van der Waals surface area contributed by atoms with Gasteiger partial charge in [-0.25, -0.2) is 4.39 Å². The summed E-state index contributed by atoms with van der Waals surface area (Å²) in [4.78, 5) is 14.2. The van der Waals surface area contributed by atoms with E-state index in [0.717, 1.165) is 5.56 Å². The summed E-state index contributed by atoms with van der Waals surface area (Å²) in [6.45, 7) is 1.21. The number of rotatable bonds is 5. The Kier molecular flexibility index (Phi) is 5.47. The third kappa shape index (κ3) is 4.12. The summed E-state index contributed by atoms with van der Waals surface area (Å²) in [5.41, 5.74) is 6.90. The van der Waals surface area contributed by atoms with E-state index in [2.05, 4.69) is 15.9 Å². The van der Waals surface area contributed by atoms with Gasteiger partial charge in [-0.15, -0.1) is 0 Å². The third-order valence-electron chi connectivity index (χ3n) is 3.06. The Labute approximate surface area is 131 Å². The molecule has 21 heavy (non-hydrogen) atoms. The van der Waals surface area contributed by atoms with Crippen molar-refractivity contribution in [3.8, 4) is 0 Å². The Morgan fingerprint density at radius 2 is 1.90 bits per heavy atom. The van der Waals surface area contributed by atoms with Crippen molar-refractivity contribution in [2.24, 2.45) is 5.73 Å². The molecule has 0 saturated heterocycles. The number of carbonyl (C=O) groups is 1. The highest BCUT2D eigenvalue weighted by Gasteiger charge is 2.18. The van der Waals surface area contributed by atoms with E-state index in [0.29, 0.717) is 29.7 Å². The van der Waals surface area contributed by atoms with Crippen LogP contribution in [0.15, 0.2) is 53.0 Å². The number of nitrogens with two attached hydrogens (primary N) is 1. The molecule has 0 atom stereocenters. The van der Waals surface area contributed by atoms with Gasteiger partial charge in [0.1, 0.15) is 5.82 Å². The summed E-state index contributed by atoms with van der Waals surface area (Å²) >= 11 is 3.29. The first kappa shape index (κ1) is 15.7. The zero-order valence-corrected chi connectivity index (χ0v) is 13.0. The average molecular weight is 351 g/mol. The van der Waals surface area contributed by atoms with E-state index in [1.807, 2.05) is 30.3 Å². The predicted octanol–water partition coefficient (Wildman–Crippen LogP) is 3.19. The van der Waals surface area contributed by atoms with Crippen molar-refractivity contribution in [2.75, 3.05) is 13.1 Å². The van der Waals surface area contributed by atoms with E-state index < -0.39 is 5.82 Å². The molecule has 110 valence electrons. The van der Waals surface area contributed by atoms with Crippen LogP contribution in [0, 0.1) is 5.82 Å². The van der Waals surface area contributed by atoms with Crippen LogP contribution in [0.4, 0.5) is 4.39 Å². The van der Waals surface area contributed by atoms with Gasteiger partial charge >= 0.3 is 0 Å². The third-order valence-corrected chi connectivity index (χ3v) is 3.75. The number of nitrogens with zero attached hydrogens (tertiary/aromatic N) is 1. The summed E-state index contributed by atoms with van der Waals surface area (Å²) in [5.74, 6) is -0.676. The molecule has 2 rings (SSSR count). The van der Waals surface area contributed by atoms with Gasteiger partial charge in [0.05, 0.1) is 5.56 Å². The molecule has 0 bridgehead atoms. The lowest BCUT2D eigenvalue weighted by Crippen LogP contribution is -2.35. The molecular weight excluding hydrogens is 335 g/mol. The van der Waals surface area contributed by atoms with Crippen LogP contribution >= 0.6 is 15.9 Å². The molecule has 0 fully saturated rings. The fourth-order valence-corrected chi connectivity index (χ4v) is 2.46. The SMILES string of the molecule is NCCN(Cc1ccccc1)C(=O)c1cc(F)ccc1Br. The van der Waals surface area contributed by atoms with Crippen LogP contribution in [0.25, 0.3) is 0 Å². The molecule has 2 aromatic carbocycles. The minimum atomic E-state index is -0.436. The molecule has 2 N–H and O–H groups in total. The summed E-state index contributed by atoms with van der Waals surface area (Å²) < 4.78 is 13.9. The van der Waals surface area contributed by atoms with Gasteiger partial charge in [-0.2, -0.15) is 0 Å². The Hall–Kier alpha value is -1.72. The number of amides is 1. The first-order chi connectivity index (χ1) is 10.1. The Morgan fingerprint density at radius 1 is 1.19 bits per heavy atom. The molecule has 5 heteroatoms. The maximum absolute atomic E-state index is 13.4. The van der Waals surface area contributed by atoms with Crippen molar-refractivity contribution in [2.45, 2.75) is 6.54 Å². The van der Waals surface area contributed by atoms with E-state index in [4.69, 9.17) is 5.73 Å². The fourth-order valence-electron chi connectivity index (χ4n) is 2.04. The van der Waals surface area contributed by atoms with Crippen LogP contribution in [0.1, 0.15) is 15.9 Å². The molecule has 0 unspecified atom stereocenters. The fraction of sp³-hybridized carbons (Fsp3) is 0.188. The van der Waals surface area contributed by atoms with E-state index in [9.17, 15) is 9.18 Å². The van der Waals surface area contributed by atoms with Crippen molar-refractivity contribution in [3.63, 3.8) is 0 Å². The van der Waals surface area contributed by atoms with Gasteiger partial charge in [0.2, 0.25) is 0 Å². The predicted molar refractivity (Wildman–Crippen MR) is 84.3 cm³/mol. The molecule has 0 saturated carbocycles. The smallest absolute Gasteiger partial charge is 0.255 e. The molecule has 3 nitrogen and oxygen atoms in total. The van der Waals surface area contributed by atoms with Gasteiger partial charge in [0, 0.05) is 24.1 Å². The van der Waals surface area contributed by atoms with Crippen molar-refractivity contribution >= 4 is 21.8 Å². The van der Waals surface area contributed by atoms with Gasteiger partial charge in [-0.3, -0.25) is 4.79 Å². The van der Waals surface area contributed by atoms with Gasteiger partial charge < -0.3 is 10.6 Å². The molecule has 0 aliphatic rings. The number of carbonyl (C=O) groups excluding carboxylic acids is 1. The first-order valence-electron chi connectivity index (χ1n) is 6.60. The number of halogens is 2. The van der Waals surface area contributed by atoms with Gasteiger partial charge in [-0.05, 0) is 39.7 Å². The Morgan fingerprint density at radius 3 is 2.57 bits per heavy atom. The van der Waals surface area contributed by atoms with Gasteiger partial charge in [0.15, 0.2) is 0 Å². The molecule has 0 aromatic heterocycles. The van der Waals surface area contributed by atoms with Crippen molar-refractivity contribution in [1.82, 2.24) is 4.90 Å². The van der Waals surface area contributed by atoms with Crippen LogP contribution < -0.4 is 5.73 Å². The standard InChI is InChI=1S/C16H16BrFN2O/c17-15-7-6-13(18)10-14(15)16(21)20(9-8-19)11-12-4-2-1-3-5-12/h1-7,10H,8-9,11,19H2. The topological polar surface area (TPSA) is 46.3 Å². The van der Waals surface area contributed by atoms with Crippen molar-refractivity contribution in [3.05, 3.63) is 69.9 Å². The molecular formula is C16H16BrFN2O. The molecule has 2 aromatic rings. The molecule has 0 aliphatic carbocycles.